The molecule has 0 bridgehead atoms. The van der Waals surface area contributed by atoms with E-state index in [1.807, 2.05) is 6.07 Å². The second-order valence-corrected chi connectivity index (χ2v) is 8.03. The average molecular weight is 348 g/mol. The standard InChI is InChI=1S/C16H20N4O3S/c1-19(2)24(22,23)14-4-3-12-6-8-20(10-13(12)9-14)16-5-7-17-15(11-21)18-16/h3-5,7,9,21H,6,8,10-11H2,1-2H3. The quantitative estimate of drug-likeness (QED) is 0.879. The van der Waals surface area contributed by atoms with Gasteiger partial charge in [0.25, 0.3) is 0 Å². The summed E-state index contributed by atoms with van der Waals surface area (Å²) in [7, 11) is -0.395. The summed E-state index contributed by atoms with van der Waals surface area (Å²) in [6, 6.07) is 7.09. The molecule has 1 N–H and O–H groups in total. The van der Waals surface area contributed by atoms with Crippen LogP contribution in [-0.2, 0) is 29.6 Å². The van der Waals surface area contributed by atoms with Gasteiger partial charge in [0, 0.05) is 33.4 Å². The minimum absolute atomic E-state index is 0.205. The van der Waals surface area contributed by atoms with Crippen molar-refractivity contribution in [1.29, 1.82) is 0 Å². The Morgan fingerprint density at radius 3 is 2.75 bits per heavy atom. The van der Waals surface area contributed by atoms with Gasteiger partial charge in [-0.25, -0.2) is 22.7 Å². The van der Waals surface area contributed by atoms with Crippen LogP contribution in [0.15, 0.2) is 35.4 Å². The second-order valence-electron chi connectivity index (χ2n) is 5.88. The Morgan fingerprint density at radius 1 is 1.25 bits per heavy atom. The van der Waals surface area contributed by atoms with Gasteiger partial charge in [-0.1, -0.05) is 6.07 Å². The molecule has 0 atom stereocenters. The van der Waals surface area contributed by atoms with Crippen molar-refractivity contribution in [2.45, 2.75) is 24.5 Å². The fourth-order valence-electron chi connectivity index (χ4n) is 2.74. The molecular formula is C16H20N4O3S. The Hall–Kier alpha value is -2.03. The molecular weight excluding hydrogens is 328 g/mol. The van der Waals surface area contributed by atoms with E-state index in [1.165, 1.54) is 18.4 Å². The molecule has 0 aliphatic carbocycles. The third-order valence-electron chi connectivity index (χ3n) is 4.12. The van der Waals surface area contributed by atoms with Crippen LogP contribution in [-0.4, -0.2) is 48.4 Å². The highest BCUT2D eigenvalue weighted by atomic mass is 32.2. The van der Waals surface area contributed by atoms with Crippen LogP contribution in [0.3, 0.4) is 0 Å². The molecule has 2 aromatic rings. The highest BCUT2D eigenvalue weighted by Crippen LogP contribution is 2.26. The number of fused-ring (bicyclic) bond motifs is 1. The summed E-state index contributed by atoms with van der Waals surface area (Å²) in [6.07, 6.45) is 2.44. The van der Waals surface area contributed by atoms with Crippen molar-refractivity contribution in [3.05, 3.63) is 47.4 Å². The molecule has 3 rings (SSSR count). The number of aliphatic hydroxyl groups excluding tert-OH is 1. The summed E-state index contributed by atoms with van der Waals surface area (Å²) < 4.78 is 25.8. The zero-order valence-electron chi connectivity index (χ0n) is 13.7. The molecule has 0 amide bonds. The molecule has 2 heterocycles. The summed E-state index contributed by atoms with van der Waals surface area (Å²) in [4.78, 5) is 10.7. The molecule has 1 aromatic heterocycles. The van der Waals surface area contributed by atoms with E-state index in [4.69, 9.17) is 0 Å². The molecule has 0 fully saturated rings. The summed E-state index contributed by atoms with van der Waals surface area (Å²) in [5.41, 5.74) is 2.13. The van der Waals surface area contributed by atoms with Crippen LogP contribution in [0.1, 0.15) is 17.0 Å². The highest BCUT2D eigenvalue weighted by molar-refractivity contribution is 7.89. The molecule has 0 unspecified atom stereocenters. The molecule has 8 heteroatoms. The second kappa shape index (κ2) is 6.46. The van der Waals surface area contributed by atoms with Crippen LogP contribution in [0.2, 0.25) is 0 Å². The number of hydrogen-bond donors (Lipinski definition) is 1. The van der Waals surface area contributed by atoms with Crippen molar-refractivity contribution in [3.8, 4) is 0 Å². The van der Waals surface area contributed by atoms with Crippen molar-refractivity contribution in [2.75, 3.05) is 25.5 Å². The Bertz CT molecular complexity index is 852. The first kappa shape index (κ1) is 16.8. The lowest BCUT2D eigenvalue weighted by atomic mass is 10.00. The Morgan fingerprint density at radius 2 is 2.04 bits per heavy atom. The Kier molecular flexibility index (Phi) is 4.53. The molecule has 24 heavy (non-hydrogen) atoms. The van der Waals surface area contributed by atoms with Crippen molar-refractivity contribution >= 4 is 15.8 Å². The van der Waals surface area contributed by atoms with Crippen LogP contribution < -0.4 is 4.90 Å². The number of hydrogen-bond acceptors (Lipinski definition) is 6. The van der Waals surface area contributed by atoms with Crippen molar-refractivity contribution in [1.82, 2.24) is 14.3 Å². The minimum Gasteiger partial charge on any atom is -0.388 e. The van der Waals surface area contributed by atoms with E-state index in [1.54, 1.807) is 24.4 Å². The number of aromatic nitrogens is 2. The summed E-state index contributed by atoms with van der Waals surface area (Å²) in [5.74, 6) is 1.11. The molecule has 1 aliphatic rings. The van der Waals surface area contributed by atoms with Gasteiger partial charge in [-0.05, 0) is 35.7 Å². The van der Waals surface area contributed by atoms with E-state index in [2.05, 4.69) is 14.9 Å². The molecule has 0 saturated heterocycles. The van der Waals surface area contributed by atoms with Crippen molar-refractivity contribution < 1.29 is 13.5 Å². The van der Waals surface area contributed by atoms with Gasteiger partial charge in [0.1, 0.15) is 12.4 Å². The first-order valence-electron chi connectivity index (χ1n) is 7.64. The van der Waals surface area contributed by atoms with Gasteiger partial charge in [0.2, 0.25) is 10.0 Å². The molecule has 1 aromatic carbocycles. The van der Waals surface area contributed by atoms with E-state index in [0.29, 0.717) is 17.3 Å². The van der Waals surface area contributed by atoms with E-state index in [-0.39, 0.29) is 6.61 Å². The first-order valence-corrected chi connectivity index (χ1v) is 9.08. The van der Waals surface area contributed by atoms with Gasteiger partial charge in [0.05, 0.1) is 4.90 Å². The Labute approximate surface area is 141 Å². The van der Waals surface area contributed by atoms with Crippen molar-refractivity contribution in [3.63, 3.8) is 0 Å². The number of sulfonamides is 1. The number of benzene rings is 1. The molecule has 0 saturated carbocycles. The predicted molar refractivity (Wildman–Crippen MR) is 90.0 cm³/mol. The fraction of sp³-hybridized carbons (Fsp3) is 0.375. The first-order chi connectivity index (χ1) is 11.4. The minimum atomic E-state index is -3.45. The summed E-state index contributed by atoms with van der Waals surface area (Å²) in [6.45, 7) is 1.16. The van der Waals surface area contributed by atoms with Gasteiger partial charge in [0.15, 0.2) is 5.82 Å². The number of nitrogens with zero attached hydrogens (tertiary/aromatic N) is 4. The van der Waals surface area contributed by atoms with Crippen LogP contribution in [0.4, 0.5) is 5.82 Å². The topological polar surface area (TPSA) is 86.6 Å². The maximum absolute atomic E-state index is 12.3. The Balaban J connectivity index is 1.92. The maximum atomic E-state index is 12.3. The number of anilines is 1. The lowest BCUT2D eigenvalue weighted by molar-refractivity contribution is 0.271. The van der Waals surface area contributed by atoms with Crippen molar-refractivity contribution in [2.24, 2.45) is 0 Å². The van der Waals surface area contributed by atoms with Gasteiger partial charge in [-0.3, -0.25) is 0 Å². The van der Waals surface area contributed by atoms with Gasteiger partial charge >= 0.3 is 0 Å². The number of aliphatic hydroxyl groups is 1. The van der Waals surface area contributed by atoms with Gasteiger partial charge < -0.3 is 10.0 Å². The highest BCUT2D eigenvalue weighted by Gasteiger charge is 2.22. The summed E-state index contributed by atoms with van der Waals surface area (Å²) >= 11 is 0. The van der Waals surface area contributed by atoms with Crippen LogP contribution in [0.5, 0.6) is 0 Å². The van der Waals surface area contributed by atoms with E-state index >= 15 is 0 Å². The predicted octanol–water partition coefficient (Wildman–Crippen LogP) is 0.782. The molecule has 128 valence electrons. The molecule has 0 radical (unpaired) electrons. The van der Waals surface area contributed by atoms with Crippen LogP contribution >= 0.6 is 0 Å². The molecule has 7 nitrogen and oxygen atoms in total. The molecule has 0 spiro atoms. The van der Waals surface area contributed by atoms with E-state index in [0.717, 1.165) is 29.9 Å². The zero-order chi connectivity index (χ0) is 17.3. The smallest absolute Gasteiger partial charge is 0.242 e. The van der Waals surface area contributed by atoms with E-state index in [9.17, 15) is 13.5 Å². The zero-order valence-corrected chi connectivity index (χ0v) is 14.5. The SMILES string of the molecule is CN(C)S(=O)(=O)c1ccc2c(c1)CN(c1ccnc(CO)n1)CC2. The third-order valence-corrected chi connectivity index (χ3v) is 5.94. The van der Waals surface area contributed by atoms with Crippen LogP contribution in [0, 0.1) is 0 Å². The fourth-order valence-corrected chi connectivity index (χ4v) is 3.69. The monoisotopic (exact) mass is 348 g/mol. The third kappa shape index (κ3) is 3.12. The average Bonchev–Trinajstić information content (AvgIpc) is 2.60. The number of rotatable bonds is 4. The van der Waals surface area contributed by atoms with Gasteiger partial charge in [-0.15, -0.1) is 0 Å². The molecule has 1 aliphatic heterocycles. The largest absolute Gasteiger partial charge is 0.388 e. The maximum Gasteiger partial charge on any atom is 0.242 e. The summed E-state index contributed by atoms with van der Waals surface area (Å²) in [5, 5.41) is 9.18. The van der Waals surface area contributed by atoms with Gasteiger partial charge in [-0.2, -0.15) is 0 Å². The lowest BCUT2D eigenvalue weighted by Gasteiger charge is -2.30. The lowest BCUT2D eigenvalue weighted by Crippen LogP contribution is -2.31. The van der Waals surface area contributed by atoms with Crippen LogP contribution in [0.25, 0.3) is 0 Å². The van der Waals surface area contributed by atoms with E-state index < -0.39 is 10.0 Å². The normalized spacial score (nSPS) is 14.8.